The minimum atomic E-state index is -0.247. The zero-order chi connectivity index (χ0) is 15.2. The molecule has 0 aliphatic heterocycles. The Morgan fingerprint density at radius 1 is 1.15 bits per heavy atom. The number of hydrogen-bond acceptors (Lipinski definition) is 3. The summed E-state index contributed by atoms with van der Waals surface area (Å²) in [7, 11) is 4.09. The van der Waals surface area contributed by atoms with Crippen molar-refractivity contribution >= 4 is 5.91 Å². The number of hydrogen-bond donors (Lipinski definition) is 1. The van der Waals surface area contributed by atoms with Crippen molar-refractivity contribution in [2.24, 2.45) is 11.7 Å². The summed E-state index contributed by atoms with van der Waals surface area (Å²) in [6.07, 6.45) is 6.14. The van der Waals surface area contributed by atoms with E-state index in [9.17, 15) is 4.79 Å². The maximum atomic E-state index is 12.6. The fourth-order valence-electron chi connectivity index (χ4n) is 2.92. The van der Waals surface area contributed by atoms with Gasteiger partial charge in [0, 0.05) is 31.6 Å². The first kappa shape index (κ1) is 17.4. The molecule has 4 heteroatoms. The topological polar surface area (TPSA) is 49.6 Å². The van der Waals surface area contributed by atoms with Gasteiger partial charge in [-0.2, -0.15) is 0 Å². The summed E-state index contributed by atoms with van der Waals surface area (Å²) in [6, 6.07) is 0. The summed E-state index contributed by atoms with van der Waals surface area (Å²) in [6.45, 7) is 6.88. The second kappa shape index (κ2) is 7.99. The highest BCUT2D eigenvalue weighted by atomic mass is 16.2. The molecular formula is C16H33N3O. The van der Waals surface area contributed by atoms with Crippen molar-refractivity contribution in [3.05, 3.63) is 0 Å². The average molecular weight is 283 g/mol. The van der Waals surface area contributed by atoms with Crippen molar-refractivity contribution < 1.29 is 4.79 Å². The van der Waals surface area contributed by atoms with E-state index in [4.69, 9.17) is 5.73 Å². The number of carbonyl (C=O) groups excluding carboxylic acids is 1. The van der Waals surface area contributed by atoms with E-state index in [0.29, 0.717) is 12.3 Å². The van der Waals surface area contributed by atoms with E-state index in [1.807, 2.05) is 19.0 Å². The second-order valence-electron chi connectivity index (χ2n) is 7.14. The molecule has 1 amide bonds. The fraction of sp³-hybridized carbons (Fsp3) is 0.938. The maximum absolute atomic E-state index is 12.6. The summed E-state index contributed by atoms with van der Waals surface area (Å²) in [5.74, 6) is 0.742. The van der Waals surface area contributed by atoms with Gasteiger partial charge in [-0.25, -0.2) is 0 Å². The number of likely N-dealkylation sites (N-methyl/N-ethyl adjacent to an activating group) is 1. The number of nitrogens with zero attached hydrogens (tertiary/aromatic N) is 2. The molecule has 1 fully saturated rings. The smallest absolute Gasteiger partial charge is 0.224 e. The van der Waals surface area contributed by atoms with Crippen LogP contribution in [0.3, 0.4) is 0 Å². The summed E-state index contributed by atoms with van der Waals surface area (Å²) in [5, 5.41) is 0. The van der Waals surface area contributed by atoms with Crippen LogP contribution in [0, 0.1) is 5.92 Å². The first-order valence-electron chi connectivity index (χ1n) is 8.04. The minimum Gasteiger partial charge on any atom is -0.341 e. The summed E-state index contributed by atoms with van der Waals surface area (Å²) < 4.78 is 0. The molecule has 0 bridgehead atoms. The van der Waals surface area contributed by atoms with Crippen LogP contribution in [0.5, 0.6) is 0 Å². The highest BCUT2D eigenvalue weighted by molar-refractivity contribution is 5.77. The van der Waals surface area contributed by atoms with Crippen LogP contribution in [-0.2, 0) is 4.79 Å². The lowest BCUT2D eigenvalue weighted by Crippen LogP contribution is -2.48. The Hall–Kier alpha value is -0.610. The van der Waals surface area contributed by atoms with Crippen molar-refractivity contribution in [1.29, 1.82) is 0 Å². The Bertz CT molecular complexity index is 296. The standard InChI is InChI=1S/C16H33N3O/c1-14(2)13-19(11-10-18(3)4)15(20)12-16(17)8-6-5-7-9-16/h14H,5-13,17H2,1-4H3. The van der Waals surface area contributed by atoms with Gasteiger partial charge in [-0.3, -0.25) is 4.79 Å². The maximum Gasteiger partial charge on any atom is 0.224 e. The van der Waals surface area contributed by atoms with Crippen LogP contribution in [0.1, 0.15) is 52.4 Å². The van der Waals surface area contributed by atoms with Crippen molar-refractivity contribution in [1.82, 2.24) is 9.80 Å². The van der Waals surface area contributed by atoms with Gasteiger partial charge in [-0.15, -0.1) is 0 Å². The molecule has 0 aromatic carbocycles. The van der Waals surface area contributed by atoms with Crippen molar-refractivity contribution in [3.8, 4) is 0 Å². The zero-order valence-corrected chi connectivity index (χ0v) is 13.8. The number of nitrogens with two attached hydrogens (primary N) is 1. The Labute approximate surface area is 124 Å². The molecule has 0 heterocycles. The SMILES string of the molecule is CC(C)CN(CCN(C)C)C(=O)CC1(N)CCCCC1. The number of rotatable bonds is 7. The zero-order valence-electron chi connectivity index (χ0n) is 13.8. The fourth-order valence-corrected chi connectivity index (χ4v) is 2.92. The van der Waals surface area contributed by atoms with Crippen LogP contribution < -0.4 is 5.73 Å². The van der Waals surface area contributed by atoms with E-state index < -0.39 is 0 Å². The molecule has 118 valence electrons. The van der Waals surface area contributed by atoms with E-state index in [0.717, 1.165) is 32.5 Å². The van der Waals surface area contributed by atoms with Gasteiger partial charge in [-0.1, -0.05) is 33.1 Å². The third-order valence-electron chi connectivity index (χ3n) is 4.11. The van der Waals surface area contributed by atoms with E-state index in [1.165, 1.54) is 19.3 Å². The lowest BCUT2D eigenvalue weighted by atomic mass is 9.80. The summed E-state index contributed by atoms with van der Waals surface area (Å²) in [4.78, 5) is 16.7. The van der Waals surface area contributed by atoms with Crippen LogP contribution in [0.2, 0.25) is 0 Å². The number of amides is 1. The summed E-state index contributed by atoms with van der Waals surface area (Å²) in [5.41, 5.74) is 6.18. The van der Waals surface area contributed by atoms with E-state index >= 15 is 0 Å². The Morgan fingerprint density at radius 2 is 1.75 bits per heavy atom. The monoisotopic (exact) mass is 283 g/mol. The quantitative estimate of drug-likeness (QED) is 0.778. The van der Waals surface area contributed by atoms with Crippen LogP contribution in [0.15, 0.2) is 0 Å². The molecular weight excluding hydrogens is 250 g/mol. The largest absolute Gasteiger partial charge is 0.341 e. The third-order valence-corrected chi connectivity index (χ3v) is 4.11. The van der Waals surface area contributed by atoms with Crippen LogP contribution >= 0.6 is 0 Å². The molecule has 1 saturated carbocycles. The molecule has 1 aliphatic rings. The highest BCUT2D eigenvalue weighted by Gasteiger charge is 2.31. The lowest BCUT2D eigenvalue weighted by molar-refractivity contribution is -0.133. The first-order chi connectivity index (χ1) is 9.32. The van der Waals surface area contributed by atoms with Gasteiger partial charge >= 0.3 is 0 Å². The van der Waals surface area contributed by atoms with Crippen LogP contribution in [0.4, 0.5) is 0 Å². The molecule has 2 N–H and O–H groups in total. The van der Waals surface area contributed by atoms with Gasteiger partial charge < -0.3 is 15.5 Å². The van der Waals surface area contributed by atoms with Crippen molar-refractivity contribution in [3.63, 3.8) is 0 Å². The van der Waals surface area contributed by atoms with Crippen molar-refractivity contribution in [2.45, 2.75) is 57.9 Å². The van der Waals surface area contributed by atoms with E-state index in [1.54, 1.807) is 0 Å². The molecule has 1 rings (SSSR count). The molecule has 0 unspecified atom stereocenters. The lowest BCUT2D eigenvalue weighted by Gasteiger charge is -2.35. The Morgan fingerprint density at radius 3 is 2.25 bits per heavy atom. The van der Waals surface area contributed by atoms with Gasteiger partial charge in [0.25, 0.3) is 0 Å². The molecule has 0 atom stereocenters. The average Bonchev–Trinajstić information content (AvgIpc) is 2.34. The summed E-state index contributed by atoms with van der Waals surface area (Å²) >= 11 is 0. The third kappa shape index (κ3) is 6.23. The van der Waals surface area contributed by atoms with E-state index in [2.05, 4.69) is 18.7 Å². The van der Waals surface area contributed by atoms with E-state index in [-0.39, 0.29) is 11.4 Å². The van der Waals surface area contributed by atoms with Gasteiger partial charge in [0.15, 0.2) is 0 Å². The predicted octanol–water partition coefficient (Wildman–Crippen LogP) is 2.08. The van der Waals surface area contributed by atoms with Gasteiger partial charge in [0.05, 0.1) is 0 Å². The molecule has 0 spiro atoms. The molecule has 1 aliphatic carbocycles. The number of carbonyl (C=O) groups is 1. The first-order valence-corrected chi connectivity index (χ1v) is 8.04. The van der Waals surface area contributed by atoms with Crippen LogP contribution in [-0.4, -0.2) is 55.0 Å². The van der Waals surface area contributed by atoms with Gasteiger partial charge in [0.1, 0.15) is 0 Å². The molecule has 20 heavy (non-hydrogen) atoms. The predicted molar refractivity (Wildman–Crippen MR) is 84.6 cm³/mol. The van der Waals surface area contributed by atoms with Gasteiger partial charge in [0.2, 0.25) is 5.91 Å². The minimum absolute atomic E-state index is 0.241. The van der Waals surface area contributed by atoms with Crippen LogP contribution in [0.25, 0.3) is 0 Å². The normalized spacial score (nSPS) is 18.6. The van der Waals surface area contributed by atoms with Gasteiger partial charge in [-0.05, 0) is 32.9 Å². The molecule has 0 aromatic rings. The Balaban J connectivity index is 2.56. The second-order valence-corrected chi connectivity index (χ2v) is 7.14. The molecule has 4 nitrogen and oxygen atoms in total. The van der Waals surface area contributed by atoms with Crippen molar-refractivity contribution in [2.75, 3.05) is 33.7 Å². The molecule has 0 saturated heterocycles. The molecule has 0 radical (unpaired) electrons. The Kier molecular flexibility index (Phi) is 6.96. The molecule has 0 aromatic heterocycles. The highest BCUT2D eigenvalue weighted by Crippen LogP contribution is 2.29.